The van der Waals surface area contributed by atoms with Gasteiger partial charge in [-0.15, -0.1) is 11.3 Å². The average molecular weight is 567 g/mol. The molecule has 9 rings (SSSR count). The van der Waals surface area contributed by atoms with Gasteiger partial charge in [0.25, 0.3) is 0 Å². The first-order valence-corrected chi connectivity index (χ1v) is 15.6. The van der Waals surface area contributed by atoms with E-state index in [0.29, 0.717) is 0 Å². The van der Waals surface area contributed by atoms with E-state index in [1.54, 1.807) is 0 Å². The summed E-state index contributed by atoms with van der Waals surface area (Å²) in [6.45, 7) is 0. The van der Waals surface area contributed by atoms with Crippen molar-refractivity contribution in [3.8, 4) is 33.5 Å². The number of rotatable bonds is 3. The van der Waals surface area contributed by atoms with Crippen molar-refractivity contribution in [2.24, 2.45) is 0 Å². The van der Waals surface area contributed by atoms with Gasteiger partial charge in [-0.05, 0) is 64.2 Å². The number of hydrogen-bond donors (Lipinski definition) is 0. The van der Waals surface area contributed by atoms with Gasteiger partial charge in [0.1, 0.15) is 0 Å². The summed E-state index contributed by atoms with van der Waals surface area (Å²) in [6.07, 6.45) is 8.54. The Morgan fingerprint density at radius 3 is 2.16 bits per heavy atom. The minimum Gasteiger partial charge on any atom is -0.252 e. The first-order valence-electron chi connectivity index (χ1n) is 14.8. The predicted molar refractivity (Wildman–Crippen MR) is 184 cm³/mol. The number of aryl methyl sites for hydroxylation is 1. The van der Waals surface area contributed by atoms with Gasteiger partial charge >= 0.3 is 0 Å². The molecule has 0 fully saturated rings. The molecule has 8 aromatic rings. The third kappa shape index (κ3) is 3.93. The maximum atomic E-state index is 5.24. The Hall–Kier alpha value is -5.12. The van der Waals surface area contributed by atoms with E-state index >= 15 is 0 Å². The third-order valence-electron chi connectivity index (χ3n) is 8.78. The van der Waals surface area contributed by atoms with Crippen molar-refractivity contribution in [3.63, 3.8) is 0 Å². The fourth-order valence-electron chi connectivity index (χ4n) is 6.73. The number of allylic oxidation sites excluding steroid dienone is 1. The topological polar surface area (TPSA) is 25.8 Å². The lowest BCUT2D eigenvalue weighted by Crippen LogP contribution is -2.00. The highest BCUT2D eigenvalue weighted by Gasteiger charge is 2.17. The van der Waals surface area contributed by atoms with E-state index in [9.17, 15) is 0 Å². The maximum absolute atomic E-state index is 5.24. The Labute approximate surface area is 253 Å². The van der Waals surface area contributed by atoms with Gasteiger partial charge < -0.3 is 0 Å². The zero-order valence-corrected chi connectivity index (χ0v) is 24.2. The largest absolute Gasteiger partial charge is 0.252 e. The Morgan fingerprint density at radius 2 is 1.28 bits per heavy atom. The van der Waals surface area contributed by atoms with Gasteiger partial charge in [0.2, 0.25) is 0 Å². The Balaban J connectivity index is 1.16. The van der Waals surface area contributed by atoms with E-state index in [1.807, 2.05) is 17.5 Å². The molecule has 2 aromatic heterocycles. The van der Waals surface area contributed by atoms with Crippen molar-refractivity contribution in [2.45, 2.75) is 12.8 Å². The molecule has 2 heterocycles. The van der Waals surface area contributed by atoms with Gasteiger partial charge in [-0.3, -0.25) is 4.98 Å². The standard InChI is InChI=1S/C40H26N2S/c1-3-17-33-30(14-1)31-15-2-4-18-34(31)39-38(33)41-24-36(42-39)28-13-8-11-26(23-28)25-10-7-12-27(22-25)29-19-9-20-35-32-16-5-6-21-37(32)43-40(29)35/h2-13,15-24H,1,14H2. The SMILES string of the molecule is C1=Cc2c(c3ccccc3c3nc(-c4cccc(-c5cccc(-c6cccc7c6sc6ccccc67)c5)c4)cnc23)CC1. The van der Waals surface area contributed by atoms with Crippen LogP contribution in [0, 0.1) is 0 Å². The predicted octanol–water partition coefficient (Wildman–Crippen LogP) is 11.1. The second-order valence-electron chi connectivity index (χ2n) is 11.3. The van der Waals surface area contributed by atoms with Gasteiger partial charge in [0, 0.05) is 36.7 Å². The Bertz CT molecular complexity index is 2410. The molecule has 1 aliphatic rings. The lowest BCUT2D eigenvalue weighted by atomic mass is 9.90. The lowest BCUT2D eigenvalue weighted by Gasteiger charge is -2.17. The van der Waals surface area contributed by atoms with Crippen LogP contribution in [0.2, 0.25) is 0 Å². The average Bonchev–Trinajstić information content (AvgIpc) is 3.47. The number of nitrogens with zero attached hydrogens (tertiary/aromatic N) is 2. The van der Waals surface area contributed by atoms with E-state index in [2.05, 4.69) is 127 Å². The van der Waals surface area contributed by atoms with Crippen molar-refractivity contribution in [1.29, 1.82) is 0 Å². The molecule has 0 saturated carbocycles. The summed E-state index contributed by atoms with van der Waals surface area (Å²) in [5.74, 6) is 0. The maximum Gasteiger partial charge on any atom is 0.0979 e. The van der Waals surface area contributed by atoms with Gasteiger partial charge in [-0.25, -0.2) is 4.98 Å². The van der Waals surface area contributed by atoms with Crippen LogP contribution in [0.25, 0.3) is 81.6 Å². The van der Waals surface area contributed by atoms with Crippen molar-refractivity contribution in [2.75, 3.05) is 0 Å². The van der Waals surface area contributed by atoms with Crippen LogP contribution in [-0.4, -0.2) is 9.97 Å². The molecule has 6 aromatic carbocycles. The van der Waals surface area contributed by atoms with Crippen LogP contribution in [0.5, 0.6) is 0 Å². The first kappa shape index (κ1) is 24.5. The highest BCUT2D eigenvalue weighted by molar-refractivity contribution is 7.26. The summed E-state index contributed by atoms with van der Waals surface area (Å²) in [7, 11) is 0. The Morgan fingerprint density at radius 1 is 0.581 bits per heavy atom. The summed E-state index contributed by atoms with van der Waals surface area (Å²) >= 11 is 1.88. The molecule has 0 bridgehead atoms. The highest BCUT2D eigenvalue weighted by atomic mass is 32.1. The zero-order valence-electron chi connectivity index (χ0n) is 23.4. The lowest BCUT2D eigenvalue weighted by molar-refractivity contribution is 0.998. The van der Waals surface area contributed by atoms with E-state index < -0.39 is 0 Å². The van der Waals surface area contributed by atoms with Crippen molar-refractivity contribution >= 4 is 59.4 Å². The normalized spacial score (nSPS) is 12.8. The molecular weight excluding hydrogens is 541 g/mol. The monoisotopic (exact) mass is 566 g/mol. The smallest absolute Gasteiger partial charge is 0.0979 e. The van der Waals surface area contributed by atoms with E-state index in [-0.39, 0.29) is 0 Å². The molecule has 0 amide bonds. The molecule has 0 radical (unpaired) electrons. The summed E-state index contributed by atoms with van der Waals surface area (Å²) in [5.41, 5.74) is 11.4. The molecule has 202 valence electrons. The van der Waals surface area contributed by atoms with Crippen LogP contribution in [0.15, 0.2) is 128 Å². The zero-order chi connectivity index (χ0) is 28.3. The van der Waals surface area contributed by atoms with Crippen molar-refractivity contribution in [1.82, 2.24) is 9.97 Å². The van der Waals surface area contributed by atoms with Crippen LogP contribution < -0.4 is 0 Å². The Kier molecular flexibility index (Phi) is 5.53. The molecule has 0 atom stereocenters. The summed E-state index contributed by atoms with van der Waals surface area (Å²) < 4.78 is 2.67. The second-order valence-corrected chi connectivity index (χ2v) is 12.3. The van der Waals surface area contributed by atoms with Gasteiger partial charge in [0.05, 0.1) is 22.9 Å². The molecule has 2 nitrogen and oxygen atoms in total. The molecule has 0 unspecified atom stereocenters. The summed E-state index contributed by atoms with van der Waals surface area (Å²) in [6, 6.07) is 41.6. The number of hydrogen-bond acceptors (Lipinski definition) is 3. The molecular formula is C40H26N2S. The number of benzene rings is 6. The molecule has 0 aliphatic heterocycles. The van der Waals surface area contributed by atoms with E-state index in [4.69, 9.17) is 9.97 Å². The van der Waals surface area contributed by atoms with E-state index in [1.165, 1.54) is 64.3 Å². The summed E-state index contributed by atoms with van der Waals surface area (Å²) in [4.78, 5) is 10.3. The van der Waals surface area contributed by atoms with Crippen molar-refractivity contribution in [3.05, 3.63) is 139 Å². The van der Waals surface area contributed by atoms with Crippen LogP contribution in [0.4, 0.5) is 0 Å². The molecule has 0 saturated heterocycles. The number of fused-ring (bicyclic) bond motifs is 9. The molecule has 43 heavy (non-hydrogen) atoms. The summed E-state index contributed by atoms with van der Waals surface area (Å²) in [5, 5.41) is 5.12. The highest BCUT2D eigenvalue weighted by Crippen LogP contribution is 2.41. The fraction of sp³-hybridized carbons (Fsp3) is 0.0500. The molecule has 3 heteroatoms. The number of thiophene rings is 1. The molecule has 0 N–H and O–H groups in total. The van der Waals surface area contributed by atoms with Gasteiger partial charge in [0.15, 0.2) is 0 Å². The third-order valence-corrected chi connectivity index (χ3v) is 9.99. The first-order chi connectivity index (χ1) is 21.3. The minimum atomic E-state index is 0.894. The van der Waals surface area contributed by atoms with Gasteiger partial charge in [-0.1, -0.05) is 109 Å². The van der Waals surface area contributed by atoms with Gasteiger partial charge in [-0.2, -0.15) is 0 Å². The second kappa shape index (κ2) is 9.72. The fourth-order valence-corrected chi connectivity index (χ4v) is 7.97. The molecule has 1 aliphatic carbocycles. The minimum absolute atomic E-state index is 0.894. The van der Waals surface area contributed by atoms with Crippen LogP contribution >= 0.6 is 11.3 Å². The number of aromatic nitrogens is 2. The van der Waals surface area contributed by atoms with Crippen LogP contribution in [0.3, 0.4) is 0 Å². The van der Waals surface area contributed by atoms with Crippen LogP contribution in [-0.2, 0) is 6.42 Å². The molecule has 0 spiro atoms. The van der Waals surface area contributed by atoms with Crippen LogP contribution in [0.1, 0.15) is 17.5 Å². The quantitative estimate of drug-likeness (QED) is 0.199. The van der Waals surface area contributed by atoms with Crippen molar-refractivity contribution < 1.29 is 0 Å². The van der Waals surface area contributed by atoms with E-state index in [0.717, 1.165) is 35.1 Å².